The Kier molecular flexibility index (Phi) is 8.60. The fourth-order valence-corrected chi connectivity index (χ4v) is 2.07. The van der Waals surface area contributed by atoms with Crippen molar-refractivity contribution in [1.29, 1.82) is 0 Å². The molecule has 2 aromatic rings. The molecule has 0 bridgehead atoms. The molecular weight excluding hydrogens is 403 g/mol. The highest BCUT2D eigenvalue weighted by molar-refractivity contribution is 14.0. The summed E-state index contributed by atoms with van der Waals surface area (Å²) in [6, 6.07) is 4.06. The van der Waals surface area contributed by atoms with Crippen molar-refractivity contribution in [1.82, 2.24) is 25.2 Å². The third-order valence-corrected chi connectivity index (χ3v) is 3.39. The summed E-state index contributed by atoms with van der Waals surface area (Å²) < 4.78 is 1.96. The number of aliphatic imine (C=N–C) groups is 1. The number of halogens is 1. The molecule has 0 saturated carbocycles. The summed E-state index contributed by atoms with van der Waals surface area (Å²) in [4.78, 5) is 12.9. The van der Waals surface area contributed by atoms with Crippen molar-refractivity contribution in [2.24, 2.45) is 4.99 Å². The zero-order valence-corrected chi connectivity index (χ0v) is 16.2. The maximum absolute atomic E-state index is 4.48. The van der Waals surface area contributed by atoms with Gasteiger partial charge in [-0.05, 0) is 25.0 Å². The van der Waals surface area contributed by atoms with E-state index in [2.05, 4.69) is 38.6 Å². The molecule has 23 heavy (non-hydrogen) atoms. The predicted octanol–water partition coefficient (Wildman–Crippen LogP) is 2.66. The van der Waals surface area contributed by atoms with E-state index in [9.17, 15) is 0 Å². The second-order valence-corrected chi connectivity index (χ2v) is 5.08. The predicted molar refractivity (Wildman–Crippen MR) is 105 cm³/mol. The number of nitrogens with one attached hydrogen (secondary N) is 2. The highest BCUT2D eigenvalue weighted by atomic mass is 127. The Hall–Kier alpha value is -1.64. The minimum Gasteiger partial charge on any atom is -0.356 e. The molecule has 0 fully saturated rings. The molecule has 0 unspecified atom stereocenters. The van der Waals surface area contributed by atoms with E-state index >= 15 is 0 Å². The Bertz CT molecular complexity index is 605. The summed E-state index contributed by atoms with van der Waals surface area (Å²) in [5.41, 5.74) is 1.11. The van der Waals surface area contributed by atoms with Crippen LogP contribution in [0.3, 0.4) is 0 Å². The van der Waals surface area contributed by atoms with E-state index in [1.807, 2.05) is 30.0 Å². The van der Waals surface area contributed by atoms with Crippen LogP contribution in [-0.2, 0) is 6.54 Å². The Morgan fingerprint density at radius 2 is 2.09 bits per heavy atom. The summed E-state index contributed by atoms with van der Waals surface area (Å²) in [7, 11) is 1.78. The molecule has 0 amide bonds. The van der Waals surface area contributed by atoms with Crippen LogP contribution in [0.2, 0.25) is 0 Å². The van der Waals surface area contributed by atoms with Crippen molar-refractivity contribution in [3.8, 4) is 5.82 Å². The van der Waals surface area contributed by atoms with Gasteiger partial charge < -0.3 is 10.6 Å². The summed E-state index contributed by atoms with van der Waals surface area (Å²) in [5, 5.41) is 6.58. The average molecular weight is 428 g/mol. The molecule has 2 rings (SSSR count). The fraction of sp³-hybridized carbons (Fsp3) is 0.438. The zero-order chi connectivity index (χ0) is 15.8. The highest BCUT2D eigenvalue weighted by Gasteiger charge is 2.02. The van der Waals surface area contributed by atoms with E-state index in [0.717, 1.165) is 36.1 Å². The van der Waals surface area contributed by atoms with Crippen molar-refractivity contribution in [3.63, 3.8) is 0 Å². The first kappa shape index (κ1) is 19.4. The average Bonchev–Trinajstić information content (AvgIpc) is 2.97. The third-order valence-electron chi connectivity index (χ3n) is 3.39. The highest BCUT2D eigenvalue weighted by Crippen LogP contribution is 2.08. The van der Waals surface area contributed by atoms with Crippen molar-refractivity contribution in [3.05, 3.63) is 42.1 Å². The van der Waals surface area contributed by atoms with Crippen molar-refractivity contribution < 1.29 is 0 Å². The molecule has 0 aliphatic heterocycles. The maximum atomic E-state index is 4.48. The summed E-state index contributed by atoms with van der Waals surface area (Å²) in [6.45, 7) is 5.77. The molecular formula is C16H25IN6. The number of aromatic nitrogens is 3. The van der Waals surface area contributed by atoms with Gasteiger partial charge in [0.25, 0.3) is 0 Å². The molecule has 126 valence electrons. The minimum atomic E-state index is 0. The lowest BCUT2D eigenvalue weighted by atomic mass is 10.3. The van der Waals surface area contributed by atoms with Crippen LogP contribution in [-0.4, -0.2) is 34.1 Å². The van der Waals surface area contributed by atoms with Crippen LogP contribution in [0.4, 0.5) is 0 Å². The Morgan fingerprint density at radius 3 is 2.65 bits per heavy atom. The number of pyridine rings is 1. The maximum Gasteiger partial charge on any atom is 0.191 e. The van der Waals surface area contributed by atoms with Gasteiger partial charge in [-0.15, -0.1) is 24.0 Å². The van der Waals surface area contributed by atoms with E-state index in [0.29, 0.717) is 6.54 Å². The summed E-state index contributed by atoms with van der Waals surface area (Å²) in [6.07, 6.45) is 7.87. The van der Waals surface area contributed by atoms with Crippen LogP contribution in [0, 0.1) is 6.92 Å². The Labute approximate surface area is 154 Å². The molecule has 2 heterocycles. The normalized spacial score (nSPS) is 11.0. The molecule has 6 nitrogen and oxygen atoms in total. The van der Waals surface area contributed by atoms with E-state index in [-0.39, 0.29) is 24.0 Å². The fourth-order valence-electron chi connectivity index (χ4n) is 2.07. The Morgan fingerprint density at radius 1 is 1.26 bits per heavy atom. The van der Waals surface area contributed by atoms with E-state index in [1.165, 1.54) is 6.42 Å². The lowest BCUT2D eigenvalue weighted by Crippen LogP contribution is -2.37. The van der Waals surface area contributed by atoms with Crippen LogP contribution in [0.25, 0.3) is 5.82 Å². The van der Waals surface area contributed by atoms with Crippen LogP contribution in [0.5, 0.6) is 0 Å². The number of hydrogen-bond donors (Lipinski definition) is 2. The number of guanidine groups is 1. The van der Waals surface area contributed by atoms with E-state index in [4.69, 9.17) is 0 Å². The first-order valence-corrected chi connectivity index (χ1v) is 7.64. The van der Waals surface area contributed by atoms with Crippen LogP contribution >= 0.6 is 24.0 Å². The van der Waals surface area contributed by atoms with Gasteiger partial charge in [-0.1, -0.05) is 19.4 Å². The molecule has 0 aromatic carbocycles. The molecule has 7 heteroatoms. The smallest absolute Gasteiger partial charge is 0.191 e. The number of aryl methyl sites for hydroxylation is 1. The summed E-state index contributed by atoms with van der Waals surface area (Å²) >= 11 is 0. The number of rotatable bonds is 6. The quantitative estimate of drug-likeness (QED) is 0.321. The topological polar surface area (TPSA) is 67.1 Å². The number of hydrogen-bond acceptors (Lipinski definition) is 3. The largest absolute Gasteiger partial charge is 0.356 e. The number of imidazole rings is 1. The van der Waals surface area contributed by atoms with Crippen LogP contribution in [0.1, 0.15) is 31.2 Å². The molecule has 0 atom stereocenters. The molecule has 2 aromatic heterocycles. The van der Waals surface area contributed by atoms with E-state index in [1.54, 1.807) is 13.2 Å². The van der Waals surface area contributed by atoms with Crippen molar-refractivity contribution in [2.45, 2.75) is 33.2 Å². The minimum absolute atomic E-state index is 0. The second kappa shape index (κ2) is 10.2. The number of nitrogens with zero attached hydrogens (tertiary/aromatic N) is 4. The van der Waals surface area contributed by atoms with Crippen molar-refractivity contribution >= 4 is 29.9 Å². The van der Waals surface area contributed by atoms with Gasteiger partial charge in [-0.3, -0.25) is 9.56 Å². The lowest BCUT2D eigenvalue weighted by Gasteiger charge is -2.11. The van der Waals surface area contributed by atoms with Crippen LogP contribution < -0.4 is 10.6 Å². The molecule has 0 saturated heterocycles. The SMILES string of the molecule is CCCCNC(=NC)NCc1ccc(-n2ccnc2C)nc1.I. The first-order chi connectivity index (χ1) is 10.7. The van der Waals surface area contributed by atoms with Gasteiger partial charge in [0, 0.05) is 38.7 Å². The molecule has 0 radical (unpaired) electrons. The zero-order valence-electron chi connectivity index (χ0n) is 13.9. The Balaban J connectivity index is 0.00000264. The third kappa shape index (κ3) is 5.81. The van der Waals surface area contributed by atoms with Gasteiger partial charge >= 0.3 is 0 Å². The van der Waals surface area contributed by atoms with Gasteiger partial charge in [-0.25, -0.2) is 9.97 Å². The molecule has 0 aliphatic rings. The van der Waals surface area contributed by atoms with Crippen molar-refractivity contribution in [2.75, 3.05) is 13.6 Å². The monoisotopic (exact) mass is 428 g/mol. The lowest BCUT2D eigenvalue weighted by molar-refractivity contribution is 0.728. The van der Waals surface area contributed by atoms with Gasteiger partial charge in [0.15, 0.2) is 5.96 Å². The van der Waals surface area contributed by atoms with Gasteiger partial charge in [0.05, 0.1) is 0 Å². The van der Waals surface area contributed by atoms with E-state index < -0.39 is 0 Å². The molecule has 0 aliphatic carbocycles. The molecule has 2 N–H and O–H groups in total. The number of unbranched alkanes of at least 4 members (excludes halogenated alkanes) is 1. The standard InChI is InChI=1S/C16H24N6.HI/c1-4-5-8-19-16(17-3)21-12-14-6-7-15(20-11-14)22-10-9-18-13(22)2;/h6-7,9-11H,4-5,8,12H2,1-3H3,(H2,17,19,21);1H. The van der Waals surface area contributed by atoms with Crippen LogP contribution in [0.15, 0.2) is 35.7 Å². The van der Waals surface area contributed by atoms with Gasteiger partial charge in [0.2, 0.25) is 0 Å². The van der Waals surface area contributed by atoms with Gasteiger partial charge in [0.1, 0.15) is 11.6 Å². The second-order valence-electron chi connectivity index (χ2n) is 5.08. The summed E-state index contributed by atoms with van der Waals surface area (Å²) in [5.74, 6) is 2.63. The first-order valence-electron chi connectivity index (χ1n) is 7.64. The van der Waals surface area contributed by atoms with Gasteiger partial charge in [-0.2, -0.15) is 0 Å². The molecule has 0 spiro atoms.